The van der Waals surface area contributed by atoms with Crippen LogP contribution in [0.5, 0.6) is 0 Å². The zero-order chi connectivity index (χ0) is 10.7. The zero-order valence-electron chi connectivity index (χ0n) is 8.22. The highest BCUT2D eigenvalue weighted by molar-refractivity contribution is 5.46. The number of anilines is 1. The third-order valence-electron chi connectivity index (χ3n) is 2.34. The molecule has 0 aliphatic carbocycles. The topological polar surface area (TPSA) is 54.7 Å². The number of nitrogens with zero attached hydrogens (tertiary/aromatic N) is 2. The van der Waals surface area contributed by atoms with E-state index in [-0.39, 0.29) is 0 Å². The Balaban J connectivity index is 2.31. The van der Waals surface area contributed by atoms with Gasteiger partial charge in [0.15, 0.2) is 0 Å². The van der Waals surface area contributed by atoms with Gasteiger partial charge in [0.1, 0.15) is 11.8 Å². The maximum Gasteiger partial charge on any atom is 0.120 e. The molecule has 0 bridgehead atoms. The molecule has 0 aliphatic heterocycles. The van der Waals surface area contributed by atoms with Gasteiger partial charge in [0.2, 0.25) is 0 Å². The Morgan fingerprint density at radius 3 is 2.73 bits per heavy atom. The van der Waals surface area contributed by atoms with Gasteiger partial charge in [-0.15, -0.1) is 0 Å². The van der Waals surface area contributed by atoms with Crippen molar-refractivity contribution in [2.75, 3.05) is 5.73 Å². The van der Waals surface area contributed by atoms with Crippen LogP contribution in [0.3, 0.4) is 0 Å². The highest BCUT2D eigenvalue weighted by atomic mass is 15.0. The lowest BCUT2D eigenvalue weighted by atomic mass is 10.2. The molecule has 0 atom stereocenters. The predicted molar refractivity (Wildman–Crippen MR) is 59.1 cm³/mol. The molecule has 0 fully saturated rings. The van der Waals surface area contributed by atoms with Crippen LogP contribution in [0, 0.1) is 11.3 Å². The van der Waals surface area contributed by atoms with E-state index in [0.29, 0.717) is 12.2 Å². The Bertz CT molecular complexity index is 506. The number of hydrogen-bond donors (Lipinski definition) is 1. The molecule has 3 heteroatoms. The van der Waals surface area contributed by atoms with Gasteiger partial charge in [-0.3, -0.25) is 0 Å². The molecular formula is C12H11N3. The summed E-state index contributed by atoms with van der Waals surface area (Å²) in [6, 6.07) is 13.5. The van der Waals surface area contributed by atoms with Crippen LogP contribution in [0.15, 0.2) is 42.6 Å². The summed E-state index contributed by atoms with van der Waals surface area (Å²) < 4.78 is 1.88. The fourth-order valence-corrected chi connectivity index (χ4v) is 1.52. The summed E-state index contributed by atoms with van der Waals surface area (Å²) in [4.78, 5) is 0. The van der Waals surface area contributed by atoms with Crippen molar-refractivity contribution in [1.82, 2.24) is 4.57 Å². The smallest absolute Gasteiger partial charge is 0.120 e. The minimum absolute atomic E-state index is 0.641. The van der Waals surface area contributed by atoms with Crippen molar-refractivity contribution in [2.24, 2.45) is 0 Å². The number of nitrogen functional groups attached to an aromatic ring is 1. The molecule has 0 spiro atoms. The van der Waals surface area contributed by atoms with Gasteiger partial charge in [-0.2, -0.15) is 5.26 Å². The van der Waals surface area contributed by atoms with Gasteiger partial charge in [-0.1, -0.05) is 18.2 Å². The first kappa shape index (κ1) is 9.35. The molecule has 0 amide bonds. The Labute approximate surface area is 88.4 Å². The number of benzene rings is 1. The first-order chi connectivity index (χ1) is 7.31. The lowest BCUT2D eigenvalue weighted by Crippen LogP contribution is -2.03. The average Bonchev–Trinajstić information content (AvgIpc) is 2.69. The molecular weight excluding hydrogens is 186 g/mol. The average molecular weight is 197 g/mol. The minimum Gasteiger partial charge on any atom is -0.398 e. The van der Waals surface area contributed by atoms with E-state index >= 15 is 0 Å². The quantitative estimate of drug-likeness (QED) is 0.748. The molecule has 0 saturated carbocycles. The molecule has 15 heavy (non-hydrogen) atoms. The molecule has 0 radical (unpaired) electrons. The summed E-state index contributed by atoms with van der Waals surface area (Å²) in [5, 5.41) is 8.85. The lowest BCUT2D eigenvalue weighted by molar-refractivity contribution is 0.795. The molecule has 2 aromatic rings. The minimum atomic E-state index is 0.641. The van der Waals surface area contributed by atoms with E-state index in [1.54, 1.807) is 6.07 Å². The number of nitriles is 1. The number of rotatable bonds is 2. The number of nitrogens with two attached hydrogens (primary N) is 1. The molecule has 2 N–H and O–H groups in total. The third-order valence-corrected chi connectivity index (χ3v) is 2.34. The molecule has 3 nitrogen and oxygen atoms in total. The second kappa shape index (κ2) is 3.89. The highest BCUT2D eigenvalue weighted by Crippen LogP contribution is 2.13. The molecule has 1 aromatic carbocycles. The molecule has 2 rings (SSSR count). The van der Waals surface area contributed by atoms with Crippen molar-refractivity contribution in [3.05, 3.63) is 53.9 Å². The van der Waals surface area contributed by atoms with Crippen molar-refractivity contribution >= 4 is 5.69 Å². The van der Waals surface area contributed by atoms with Crippen LogP contribution in [0.1, 0.15) is 11.3 Å². The summed E-state index contributed by atoms with van der Waals surface area (Å²) in [6.07, 6.45) is 1.88. The first-order valence-electron chi connectivity index (χ1n) is 4.70. The van der Waals surface area contributed by atoms with Gasteiger partial charge >= 0.3 is 0 Å². The standard InChI is InChI=1S/C12H11N3/c13-8-11-5-3-7-15(11)9-10-4-1-2-6-12(10)14/h1-7H,9,14H2. The van der Waals surface area contributed by atoms with Gasteiger partial charge < -0.3 is 10.3 Å². The van der Waals surface area contributed by atoms with Crippen LogP contribution in [0.25, 0.3) is 0 Å². The highest BCUT2D eigenvalue weighted by Gasteiger charge is 2.02. The molecule has 0 aliphatic rings. The van der Waals surface area contributed by atoms with Crippen LogP contribution in [0.4, 0.5) is 5.69 Å². The van der Waals surface area contributed by atoms with Crippen LogP contribution in [-0.2, 0) is 6.54 Å². The van der Waals surface area contributed by atoms with Crippen molar-refractivity contribution in [3.8, 4) is 6.07 Å². The summed E-state index contributed by atoms with van der Waals surface area (Å²) in [5.74, 6) is 0. The fraction of sp³-hybridized carbons (Fsp3) is 0.0833. The Morgan fingerprint density at radius 2 is 2.00 bits per heavy atom. The monoisotopic (exact) mass is 197 g/mol. The van der Waals surface area contributed by atoms with E-state index in [1.165, 1.54) is 0 Å². The van der Waals surface area contributed by atoms with Crippen LogP contribution >= 0.6 is 0 Å². The van der Waals surface area contributed by atoms with Crippen molar-refractivity contribution in [2.45, 2.75) is 6.54 Å². The molecule has 1 heterocycles. The summed E-state index contributed by atoms with van der Waals surface area (Å²) >= 11 is 0. The van der Waals surface area contributed by atoms with E-state index in [2.05, 4.69) is 6.07 Å². The predicted octanol–water partition coefficient (Wildman–Crippen LogP) is 1.99. The van der Waals surface area contributed by atoms with Gasteiger partial charge in [0.25, 0.3) is 0 Å². The van der Waals surface area contributed by atoms with Crippen LogP contribution in [0.2, 0.25) is 0 Å². The molecule has 74 valence electrons. The summed E-state index contributed by atoms with van der Waals surface area (Å²) in [6.45, 7) is 0.641. The molecule has 0 saturated heterocycles. The second-order valence-corrected chi connectivity index (χ2v) is 3.33. The zero-order valence-corrected chi connectivity index (χ0v) is 8.22. The van der Waals surface area contributed by atoms with Crippen molar-refractivity contribution in [1.29, 1.82) is 5.26 Å². The van der Waals surface area contributed by atoms with Gasteiger partial charge in [0, 0.05) is 11.9 Å². The van der Waals surface area contributed by atoms with Gasteiger partial charge in [-0.25, -0.2) is 0 Å². The third kappa shape index (κ3) is 1.84. The Morgan fingerprint density at radius 1 is 1.20 bits per heavy atom. The van der Waals surface area contributed by atoms with Crippen molar-refractivity contribution in [3.63, 3.8) is 0 Å². The number of aromatic nitrogens is 1. The van der Waals surface area contributed by atoms with Crippen LogP contribution in [-0.4, -0.2) is 4.57 Å². The fourth-order valence-electron chi connectivity index (χ4n) is 1.52. The van der Waals surface area contributed by atoms with Crippen LogP contribution < -0.4 is 5.73 Å². The first-order valence-corrected chi connectivity index (χ1v) is 4.70. The van der Waals surface area contributed by atoms with E-state index in [1.807, 2.05) is 41.1 Å². The van der Waals surface area contributed by atoms with Gasteiger partial charge in [0.05, 0.1) is 6.54 Å². The van der Waals surface area contributed by atoms with Crippen molar-refractivity contribution < 1.29 is 0 Å². The maximum atomic E-state index is 8.85. The van der Waals surface area contributed by atoms with E-state index in [4.69, 9.17) is 11.0 Å². The van der Waals surface area contributed by atoms with Gasteiger partial charge in [-0.05, 0) is 23.8 Å². The lowest BCUT2D eigenvalue weighted by Gasteiger charge is -2.07. The second-order valence-electron chi connectivity index (χ2n) is 3.33. The number of para-hydroxylation sites is 1. The Kier molecular flexibility index (Phi) is 2.42. The number of hydrogen-bond acceptors (Lipinski definition) is 2. The summed E-state index contributed by atoms with van der Waals surface area (Å²) in [5.41, 5.74) is 8.28. The molecule has 1 aromatic heterocycles. The van der Waals surface area contributed by atoms with E-state index in [9.17, 15) is 0 Å². The van der Waals surface area contributed by atoms with E-state index in [0.717, 1.165) is 11.3 Å². The SMILES string of the molecule is N#Cc1cccn1Cc1ccccc1N. The Hall–Kier alpha value is -2.21. The normalized spacial score (nSPS) is 9.80. The van der Waals surface area contributed by atoms with E-state index < -0.39 is 0 Å². The molecule has 0 unspecified atom stereocenters. The summed E-state index contributed by atoms with van der Waals surface area (Å²) in [7, 11) is 0. The maximum absolute atomic E-state index is 8.85. The largest absolute Gasteiger partial charge is 0.398 e.